The van der Waals surface area contributed by atoms with Gasteiger partial charge in [0.15, 0.2) is 0 Å². The maximum Gasteiger partial charge on any atom is 0.321 e. The van der Waals surface area contributed by atoms with Crippen LogP contribution in [0.2, 0.25) is 0 Å². The first kappa shape index (κ1) is 39.0. The third-order valence-electron chi connectivity index (χ3n) is 7.18. The van der Waals surface area contributed by atoms with Crippen molar-refractivity contribution in [1.82, 2.24) is 14.8 Å². The van der Waals surface area contributed by atoms with Crippen LogP contribution < -0.4 is 20.5 Å². The second-order valence-corrected chi connectivity index (χ2v) is 14.7. The van der Waals surface area contributed by atoms with Crippen molar-refractivity contribution in [1.29, 1.82) is 0 Å². The Kier molecular flexibility index (Phi) is 14.6. The van der Waals surface area contributed by atoms with Gasteiger partial charge in [-0.25, -0.2) is 16.8 Å². The van der Waals surface area contributed by atoms with E-state index in [-0.39, 0.29) is 35.2 Å². The summed E-state index contributed by atoms with van der Waals surface area (Å²) in [4.78, 5) is 22.5. The van der Waals surface area contributed by atoms with Gasteiger partial charge >= 0.3 is 11.9 Å². The van der Waals surface area contributed by atoms with Crippen molar-refractivity contribution in [3.8, 4) is 22.3 Å². The third kappa shape index (κ3) is 12.2. The SMILES string of the molecule is CC(C)NCCC(NS(=O)(=O)c1ccc(-c2ccccc2)cc1)C(=O)O.NCCC(NS(=O)(=O)c1ccc(-c2ccccc2)cc1)C(=O)O. The minimum atomic E-state index is -3.91. The summed E-state index contributed by atoms with van der Waals surface area (Å²) >= 11 is 0. The van der Waals surface area contributed by atoms with E-state index in [0.717, 1.165) is 22.3 Å². The number of carboxylic acid groups (broad SMARTS) is 2. The molecule has 2 atom stereocenters. The van der Waals surface area contributed by atoms with Crippen LogP contribution in [0.5, 0.6) is 0 Å². The van der Waals surface area contributed by atoms with Gasteiger partial charge in [-0.2, -0.15) is 9.44 Å². The van der Waals surface area contributed by atoms with Gasteiger partial charge in [-0.05, 0) is 72.5 Å². The van der Waals surface area contributed by atoms with Gasteiger partial charge < -0.3 is 21.3 Å². The third-order valence-corrected chi connectivity index (χ3v) is 10.2. The molecule has 14 heteroatoms. The number of carboxylic acids is 2. The highest BCUT2D eigenvalue weighted by Gasteiger charge is 2.26. The maximum atomic E-state index is 12.5. The van der Waals surface area contributed by atoms with Crippen molar-refractivity contribution in [2.75, 3.05) is 13.1 Å². The molecular formula is C35H42N4O8S2. The van der Waals surface area contributed by atoms with Crippen molar-refractivity contribution in [2.24, 2.45) is 5.73 Å². The molecule has 0 saturated heterocycles. The van der Waals surface area contributed by atoms with Crippen LogP contribution in [0.4, 0.5) is 0 Å². The molecule has 262 valence electrons. The second-order valence-electron chi connectivity index (χ2n) is 11.3. The maximum absolute atomic E-state index is 12.5. The van der Waals surface area contributed by atoms with Crippen LogP contribution in [0, 0.1) is 0 Å². The molecule has 4 rings (SSSR count). The largest absolute Gasteiger partial charge is 0.480 e. The van der Waals surface area contributed by atoms with Gasteiger partial charge in [-0.1, -0.05) is 98.8 Å². The minimum Gasteiger partial charge on any atom is -0.480 e. The van der Waals surface area contributed by atoms with Gasteiger partial charge in [-0.15, -0.1) is 0 Å². The summed E-state index contributed by atoms with van der Waals surface area (Å²) in [6, 6.07) is 29.6. The lowest BCUT2D eigenvalue weighted by Gasteiger charge is -2.16. The van der Waals surface area contributed by atoms with E-state index in [2.05, 4.69) is 14.8 Å². The number of benzene rings is 4. The molecule has 0 aliphatic carbocycles. The number of nitrogens with one attached hydrogen (secondary N) is 3. The predicted octanol–water partition coefficient (Wildman–Crippen LogP) is 3.91. The van der Waals surface area contributed by atoms with Crippen LogP contribution in [0.15, 0.2) is 119 Å². The lowest BCUT2D eigenvalue weighted by atomic mass is 10.1. The first-order valence-corrected chi connectivity index (χ1v) is 18.4. The van der Waals surface area contributed by atoms with Crippen molar-refractivity contribution >= 4 is 32.0 Å². The highest BCUT2D eigenvalue weighted by molar-refractivity contribution is 7.89. The van der Waals surface area contributed by atoms with Gasteiger partial charge in [0.05, 0.1) is 9.79 Å². The van der Waals surface area contributed by atoms with Gasteiger partial charge in [0.25, 0.3) is 0 Å². The average molecular weight is 711 g/mol. The highest BCUT2D eigenvalue weighted by atomic mass is 32.2. The van der Waals surface area contributed by atoms with Crippen LogP contribution in [0.3, 0.4) is 0 Å². The monoisotopic (exact) mass is 710 g/mol. The molecule has 0 aliphatic rings. The van der Waals surface area contributed by atoms with E-state index in [9.17, 15) is 31.5 Å². The van der Waals surface area contributed by atoms with E-state index in [1.54, 1.807) is 24.3 Å². The number of nitrogens with two attached hydrogens (primary N) is 1. The summed E-state index contributed by atoms with van der Waals surface area (Å²) in [5.41, 5.74) is 9.02. The normalized spacial score (nSPS) is 12.8. The summed E-state index contributed by atoms with van der Waals surface area (Å²) in [6.45, 7) is 4.36. The summed E-state index contributed by atoms with van der Waals surface area (Å²) in [6.07, 6.45) is 0.186. The Bertz CT molecular complexity index is 1850. The molecule has 12 nitrogen and oxygen atoms in total. The fourth-order valence-corrected chi connectivity index (χ4v) is 7.02. The van der Waals surface area contributed by atoms with Crippen LogP contribution >= 0.6 is 0 Å². The Labute approximate surface area is 287 Å². The summed E-state index contributed by atoms with van der Waals surface area (Å²) in [5.74, 6) is -2.44. The van der Waals surface area contributed by atoms with Gasteiger partial charge in [0.1, 0.15) is 12.1 Å². The molecule has 0 bridgehead atoms. The zero-order valence-electron chi connectivity index (χ0n) is 27.2. The number of hydrogen-bond donors (Lipinski definition) is 6. The van der Waals surface area contributed by atoms with E-state index >= 15 is 0 Å². The molecule has 4 aromatic carbocycles. The zero-order chi connectivity index (χ0) is 36.0. The molecule has 0 fully saturated rings. The highest BCUT2D eigenvalue weighted by Crippen LogP contribution is 2.22. The van der Waals surface area contributed by atoms with Gasteiger partial charge in [0, 0.05) is 6.04 Å². The van der Waals surface area contributed by atoms with E-state index in [0.29, 0.717) is 6.54 Å². The van der Waals surface area contributed by atoms with Gasteiger partial charge in [-0.3, -0.25) is 9.59 Å². The van der Waals surface area contributed by atoms with Crippen molar-refractivity contribution < 1.29 is 36.6 Å². The average Bonchev–Trinajstić information content (AvgIpc) is 3.08. The van der Waals surface area contributed by atoms with Crippen LogP contribution in [0.1, 0.15) is 26.7 Å². The number of hydrogen-bond acceptors (Lipinski definition) is 8. The quantitative estimate of drug-likeness (QED) is 0.0989. The Morgan fingerprint density at radius 1 is 0.592 bits per heavy atom. The smallest absolute Gasteiger partial charge is 0.321 e. The Morgan fingerprint density at radius 3 is 1.27 bits per heavy atom. The van der Waals surface area contributed by atoms with Crippen LogP contribution in [0.25, 0.3) is 22.3 Å². The Balaban J connectivity index is 0.000000267. The zero-order valence-corrected chi connectivity index (χ0v) is 28.8. The fourth-order valence-electron chi connectivity index (χ4n) is 4.57. The molecule has 0 spiro atoms. The summed E-state index contributed by atoms with van der Waals surface area (Å²) in [7, 11) is -7.82. The van der Waals surface area contributed by atoms with Crippen LogP contribution in [-0.4, -0.2) is 70.2 Å². The molecule has 0 aromatic heterocycles. The lowest BCUT2D eigenvalue weighted by Crippen LogP contribution is -2.43. The van der Waals surface area contributed by atoms with Crippen LogP contribution in [-0.2, 0) is 29.6 Å². The molecular weight excluding hydrogens is 669 g/mol. The predicted molar refractivity (Wildman–Crippen MR) is 189 cm³/mol. The molecule has 0 radical (unpaired) electrons. The molecule has 4 aromatic rings. The topological polar surface area (TPSA) is 205 Å². The van der Waals surface area contributed by atoms with E-state index in [1.807, 2.05) is 74.5 Å². The lowest BCUT2D eigenvalue weighted by molar-refractivity contribution is -0.140. The summed E-state index contributed by atoms with van der Waals surface area (Å²) < 4.78 is 53.9. The van der Waals surface area contributed by atoms with E-state index < -0.39 is 44.1 Å². The Morgan fingerprint density at radius 2 is 0.939 bits per heavy atom. The molecule has 0 aliphatic heterocycles. The van der Waals surface area contributed by atoms with Crippen molar-refractivity contribution in [3.63, 3.8) is 0 Å². The Hall–Kier alpha value is -4.44. The van der Waals surface area contributed by atoms with E-state index in [4.69, 9.17) is 10.8 Å². The molecule has 0 saturated carbocycles. The fraction of sp³-hybridized carbons (Fsp3) is 0.257. The number of rotatable bonds is 16. The second kappa shape index (κ2) is 18.4. The molecule has 0 heterocycles. The molecule has 49 heavy (non-hydrogen) atoms. The number of aliphatic carboxylic acids is 2. The molecule has 2 unspecified atom stereocenters. The summed E-state index contributed by atoms with van der Waals surface area (Å²) in [5, 5.41) is 21.4. The standard InChI is InChI=1S/C19H24N2O4S.C16H18N2O4S/c1-14(2)20-13-12-18(19(22)23)21-26(24,25)17-10-8-16(9-11-17)15-6-4-3-5-7-15;17-11-10-15(16(19)20)18-23(21,22)14-8-6-13(7-9-14)12-4-2-1-3-5-12/h3-11,14,18,20-21H,12-13H2,1-2H3,(H,22,23);1-9,15,18H,10-11,17H2,(H,19,20). The first-order valence-electron chi connectivity index (χ1n) is 15.5. The van der Waals surface area contributed by atoms with E-state index in [1.165, 1.54) is 24.3 Å². The molecule has 0 amide bonds. The number of carbonyl (C=O) groups is 2. The van der Waals surface area contributed by atoms with Gasteiger partial charge in [0.2, 0.25) is 20.0 Å². The first-order chi connectivity index (χ1) is 23.2. The van der Waals surface area contributed by atoms with Crippen molar-refractivity contribution in [3.05, 3.63) is 109 Å². The van der Waals surface area contributed by atoms with Crippen molar-refractivity contribution in [2.45, 2.75) is 54.6 Å². The number of sulfonamides is 2. The minimum absolute atomic E-state index is 0.0143. The molecule has 7 N–H and O–H groups in total.